The summed E-state index contributed by atoms with van der Waals surface area (Å²) in [5, 5.41) is 2.51. The van der Waals surface area contributed by atoms with Crippen LogP contribution in [0.15, 0.2) is 24.3 Å². The Morgan fingerprint density at radius 2 is 1.88 bits per heavy atom. The van der Waals surface area contributed by atoms with Crippen molar-refractivity contribution in [2.24, 2.45) is 5.84 Å². The molecule has 0 aliphatic heterocycles. The molecular weight excluding hydrogens is 222 g/mol. The van der Waals surface area contributed by atoms with Gasteiger partial charge in [-0.25, -0.2) is 5.84 Å². The van der Waals surface area contributed by atoms with Gasteiger partial charge in [0.15, 0.2) is 0 Å². The molecule has 6 nitrogen and oxygen atoms in total. The average molecular weight is 237 g/mol. The zero-order chi connectivity index (χ0) is 12.8. The van der Waals surface area contributed by atoms with Crippen LogP contribution in [0.2, 0.25) is 0 Å². The lowest BCUT2D eigenvalue weighted by atomic mass is 10.2. The van der Waals surface area contributed by atoms with Crippen LogP contribution < -0.4 is 21.3 Å². The predicted molar refractivity (Wildman–Crippen MR) is 62.3 cm³/mol. The first-order valence-electron chi connectivity index (χ1n) is 5.04. The first-order chi connectivity index (χ1) is 8.08. The number of nitrogens with one attached hydrogen (secondary N) is 2. The van der Waals surface area contributed by atoms with Gasteiger partial charge in [-0.05, 0) is 31.2 Å². The maximum absolute atomic E-state index is 11.7. The van der Waals surface area contributed by atoms with Crippen molar-refractivity contribution in [2.75, 3.05) is 7.11 Å². The molecule has 6 heteroatoms. The van der Waals surface area contributed by atoms with E-state index in [1.807, 2.05) is 5.43 Å². The molecule has 0 bridgehead atoms. The third-order valence-electron chi connectivity index (χ3n) is 2.24. The minimum Gasteiger partial charge on any atom is -0.497 e. The highest BCUT2D eigenvalue weighted by Gasteiger charge is 2.15. The second-order valence-electron chi connectivity index (χ2n) is 3.43. The van der Waals surface area contributed by atoms with Gasteiger partial charge in [-0.3, -0.25) is 15.0 Å². The van der Waals surface area contributed by atoms with E-state index in [4.69, 9.17) is 10.6 Å². The first-order valence-corrected chi connectivity index (χ1v) is 5.04. The molecule has 0 heterocycles. The largest absolute Gasteiger partial charge is 0.497 e. The predicted octanol–water partition coefficient (Wildman–Crippen LogP) is -0.197. The van der Waals surface area contributed by atoms with Crippen molar-refractivity contribution in [3.8, 4) is 5.75 Å². The van der Waals surface area contributed by atoms with Gasteiger partial charge in [-0.1, -0.05) is 0 Å². The van der Waals surface area contributed by atoms with E-state index in [2.05, 4.69) is 5.32 Å². The van der Waals surface area contributed by atoms with Crippen molar-refractivity contribution in [3.05, 3.63) is 29.8 Å². The molecule has 0 radical (unpaired) electrons. The molecule has 1 rings (SSSR count). The summed E-state index contributed by atoms with van der Waals surface area (Å²) in [4.78, 5) is 22.8. The Morgan fingerprint density at radius 1 is 1.29 bits per heavy atom. The quantitative estimate of drug-likeness (QED) is 0.384. The molecule has 4 N–H and O–H groups in total. The van der Waals surface area contributed by atoms with E-state index < -0.39 is 11.9 Å². The van der Waals surface area contributed by atoms with E-state index >= 15 is 0 Å². The van der Waals surface area contributed by atoms with E-state index in [0.717, 1.165) is 0 Å². The number of methoxy groups -OCH3 is 1. The molecule has 0 spiro atoms. The van der Waals surface area contributed by atoms with Crippen LogP contribution in [0, 0.1) is 0 Å². The van der Waals surface area contributed by atoms with Crippen molar-refractivity contribution in [1.29, 1.82) is 0 Å². The number of amides is 2. The number of benzene rings is 1. The summed E-state index contributed by atoms with van der Waals surface area (Å²) in [5.74, 6) is 4.82. The number of hydrogen-bond acceptors (Lipinski definition) is 4. The van der Waals surface area contributed by atoms with Gasteiger partial charge in [0.2, 0.25) is 0 Å². The van der Waals surface area contributed by atoms with Crippen LogP contribution in [0.25, 0.3) is 0 Å². The van der Waals surface area contributed by atoms with Crippen LogP contribution in [0.1, 0.15) is 17.3 Å². The number of carbonyl (C=O) groups excluding carboxylic acids is 2. The molecule has 0 saturated heterocycles. The van der Waals surface area contributed by atoms with Gasteiger partial charge < -0.3 is 10.1 Å². The molecule has 1 atom stereocenters. The third-order valence-corrected chi connectivity index (χ3v) is 2.24. The fourth-order valence-electron chi connectivity index (χ4n) is 1.21. The summed E-state index contributed by atoms with van der Waals surface area (Å²) in [7, 11) is 1.54. The molecule has 0 aliphatic rings. The van der Waals surface area contributed by atoms with E-state index in [1.54, 1.807) is 38.3 Å². The minimum atomic E-state index is -0.686. The standard InChI is InChI=1S/C11H15N3O3/c1-7(10(15)14-12)13-11(16)8-3-5-9(17-2)6-4-8/h3-7H,12H2,1-2H3,(H,13,16)(H,14,15). The lowest BCUT2D eigenvalue weighted by Crippen LogP contribution is -2.47. The summed E-state index contributed by atoms with van der Waals surface area (Å²) >= 11 is 0. The summed E-state index contributed by atoms with van der Waals surface area (Å²) < 4.78 is 4.97. The van der Waals surface area contributed by atoms with Crippen LogP contribution in [0.3, 0.4) is 0 Å². The van der Waals surface area contributed by atoms with Crippen LogP contribution in [0.5, 0.6) is 5.75 Å². The Morgan fingerprint density at radius 3 is 2.35 bits per heavy atom. The number of hydrazine groups is 1. The van der Waals surface area contributed by atoms with E-state index in [-0.39, 0.29) is 5.91 Å². The molecule has 92 valence electrons. The van der Waals surface area contributed by atoms with Crippen molar-refractivity contribution in [3.63, 3.8) is 0 Å². The van der Waals surface area contributed by atoms with Crippen LogP contribution in [-0.2, 0) is 4.79 Å². The molecule has 0 aromatic heterocycles. The van der Waals surface area contributed by atoms with Gasteiger partial charge in [0.1, 0.15) is 11.8 Å². The highest BCUT2D eigenvalue weighted by molar-refractivity contribution is 5.97. The van der Waals surface area contributed by atoms with Gasteiger partial charge in [-0.2, -0.15) is 0 Å². The molecule has 1 aromatic rings. The van der Waals surface area contributed by atoms with E-state index in [1.165, 1.54) is 0 Å². The van der Waals surface area contributed by atoms with Gasteiger partial charge in [-0.15, -0.1) is 0 Å². The number of rotatable bonds is 4. The normalized spacial score (nSPS) is 11.5. The van der Waals surface area contributed by atoms with Gasteiger partial charge >= 0.3 is 0 Å². The fourth-order valence-corrected chi connectivity index (χ4v) is 1.21. The monoisotopic (exact) mass is 237 g/mol. The van der Waals surface area contributed by atoms with E-state index in [9.17, 15) is 9.59 Å². The zero-order valence-corrected chi connectivity index (χ0v) is 9.69. The maximum Gasteiger partial charge on any atom is 0.256 e. The van der Waals surface area contributed by atoms with Crippen molar-refractivity contribution >= 4 is 11.8 Å². The smallest absolute Gasteiger partial charge is 0.256 e. The maximum atomic E-state index is 11.7. The van der Waals surface area contributed by atoms with Crippen LogP contribution >= 0.6 is 0 Å². The second-order valence-corrected chi connectivity index (χ2v) is 3.43. The van der Waals surface area contributed by atoms with E-state index in [0.29, 0.717) is 11.3 Å². The van der Waals surface area contributed by atoms with Gasteiger partial charge in [0.05, 0.1) is 7.11 Å². The zero-order valence-electron chi connectivity index (χ0n) is 9.69. The summed E-state index contributed by atoms with van der Waals surface area (Å²) in [6.45, 7) is 1.55. The number of hydrogen-bond donors (Lipinski definition) is 3. The molecule has 0 fully saturated rings. The second kappa shape index (κ2) is 5.86. The molecule has 0 saturated carbocycles. The average Bonchev–Trinajstić information content (AvgIpc) is 2.37. The van der Waals surface area contributed by atoms with Crippen LogP contribution in [0.4, 0.5) is 0 Å². The van der Waals surface area contributed by atoms with Crippen molar-refractivity contribution in [2.45, 2.75) is 13.0 Å². The Kier molecular flexibility index (Phi) is 4.47. The third kappa shape index (κ3) is 3.46. The Hall–Kier alpha value is -2.08. The van der Waals surface area contributed by atoms with Gasteiger partial charge in [0.25, 0.3) is 11.8 Å². The summed E-state index contributed by atoms with van der Waals surface area (Å²) in [6.07, 6.45) is 0. The van der Waals surface area contributed by atoms with Crippen molar-refractivity contribution < 1.29 is 14.3 Å². The Balaban J connectivity index is 2.66. The van der Waals surface area contributed by atoms with Crippen LogP contribution in [-0.4, -0.2) is 25.0 Å². The highest BCUT2D eigenvalue weighted by Crippen LogP contribution is 2.11. The number of nitrogens with two attached hydrogens (primary N) is 1. The number of ether oxygens (including phenoxy) is 1. The molecule has 0 aliphatic carbocycles. The Bertz CT molecular complexity index is 403. The minimum absolute atomic E-state index is 0.344. The first kappa shape index (κ1) is 13.0. The summed E-state index contributed by atoms with van der Waals surface area (Å²) in [6, 6.07) is 5.88. The summed E-state index contributed by atoms with van der Waals surface area (Å²) in [5.41, 5.74) is 2.41. The molecular formula is C11H15N3O3. The highest BCUT2D eigenvalue weighted by atomic mass is 16.5. The molecule has 1 aromatic carbocycles. The molecule has 17 heavy (non-hydrogen) atoms. The molecule has 1 unspecified atom stereocenters. The number of carbonyl (C=O) groups is 2. The lowest BCUT2D eigenvalue weighted by Gasteiger charge is -2.12. The lowest BCUT2D eigenvalue weighted by molar-refractivity contribution is -0.122. The topological polar surface area (TPSA) is 93.4 Å². The molecule has 2 amide bonds. The Labute approximate surface area is 99.1 Å². The van der Waals surface area contributed by atoms with Gasteiger partial charge in [0, 0.05) is 5.56 Å². The fraction of sp³-hybridized carbons (Fsp3) is 0.273. The van der Waals surface area contributed by atoms with Crippen molar-refractivity contribution in [1.82, 2.24) is 10.7 Å². The SMILES string of the molecule is COc1ccc(C(=O)NC(C)C(=O)NN)cc1.